The van der Waals surface area contributed by atoms with E-state index >= 15 is 0 Å². The van der Waals surface area contributed by atoms with Gasteiger partial charge in [0, 0.05) is 25.2 Å². The van der Waals surface area contributed by atoms with Crippen molar-refractivity contribution in [3.63, 3.8) is 0 Å². The largest absolute Gasteiger partial charge is 0.454 e. The molecule has 3 N–H and O–H groups in total. The number of aromatic nitrogens is 2. The Morgan fingerprint density at radius 1 is 1.22 bits per heavy atom. The fraction of sp³-hybridized carbons (Fsp3) is 0.500. The molecule has 1 aromatic heterocycles. The molecule has 2 aliphatic rings. The van der Waals surface area contributed by atoms with Crippen LogP contribution in [0.5, 0.6) is 11.5 Å². The van der Waals surface area contributed by atoms with Crippen molar-refractivity contribution in [1.82, 2.24) is 20.8 Å². The normalized spacial score (nSPS) is 21.1. The molecule has 1 aromatic carbocycles. The summed E-state index contributed by atoms with van der Waals surface area (Å²) in [5.74, 6) is 2.29. The van der Waals surface area contributed by atoms with Crippen LogP contribution < -0.4 is 20.1 Å². The van der Waals surface area contributed by atoms with E-state index in [-0.39, 0.29) is 31.6 Å². The van der Waals surface area contributed by atoms with E-state index in [1.807, 2.05) is 18.2 Å². The molecule has 1 saturated heterocycles. The van der Waals surface area contributed by atoms with Gasteiger partial charge in [-0.25, -0.2) is 0 Å². The van der Waals surface area contributed by atoms with Gasteiger partial charge in [0.15, 0.2) is 17.3 Å². The fourth-order valence-corrected chi connectivity index (χ4v) is 2.77. The molecule has 27 heavy (non-hydrogen) atoms. The van der Waals surface area contributed by atoms with Crippen LogP contribution in [-0.2, 0) is 11.3 Å². The van der Waals surface area contributed by atoms with Crippen molar-refractivity contribution in [2.75, 3.05) is 39.6 Å². The van der Waals surface area contributed by atoms with Crippen molar-refractivity contribution < 1.29 is 23.8 Å². The van der Waals surface area contributed by atoms with Crippen LogP contribution in [0.1, 0.15) is 5.82 Å². The minimum absolute atomic E-state index is 0. The second kappa shape index (κ2) is 9.54. The van der Waals surface area contributed by atoms with E-state index in [0.717, 1.165) is 12.1 Å². The quantitative estimate of drug-likeness (QED) is 0.644. The second-order valence-electron chi connectivity index (χ2n) is 6.14. The van der Waals surface area contributed by atoms with Crippen LogP contribution in [0.2, 0.25) is 0 Å². The predicted octanol–water partition coefficient (Wildman–Crippen LogP) is 0.749. The molecule has 150 valence electrons. The number of ether oxygens (including phenoxy) is 3. The van der Waals surface area contributed by atoms with E-state index < -0.39 is 5.60 Å². The fourth-order valence-electron chi connectivity index (χ4n) is 2.77. The molecule has 0 aliphatic carbocycles. The first-order valence-electron chi connectivity index (χ1n) is 8.16. The van der Waals surface area contributed by atoms with Gasteiger partial charge in [-0.1, -0.05) is 5.16 Å². The summed E-state index contributed by atoms with van der Waals surface area (Å²) in [6.45, 7) is 3.10. The van der Waals surface area contributed by atoms with E-state index in [1.54, 1.807) is 0 Å². The number of β-amino-alcohol motifs (C(OH)–C–C–N with tert-alkyl or cyclic N) is 1. The highest BCUT2D eigenvalue weighted by atomic mass is 35.5. The average molecular weight is 421 g/mol. The molecular formula is C16H22Cl2N4O5. The summed E-state index contributed by atoms with van der Waals surface area (Å²) in [5, 5.41) is 20.7. The summed E-state index contributed by atoms with van der Waals surface area (Å²) in [4.78, 5) is 4.36. The second-order valence-corrected chi connectivity index (χ2v) is 6.14. The Morgan fingerprint density at radius 2 is 2.07 bits per heavy atom. The molecule has 4 rings (SSSR count). The zero-order valence-corrected chi connectivity index (χ0v) is 16.1. The Labute approximate surface area is 168 Å². The van der Waals surface area contributed by atoms with Crippen LogP contribution in [0.15, 0.2) is 22.7 Å². The maximum atomic E-state index is 10.5. The van der Waals surface area contributed by atoms with Gasteiger partial charge in [-0.15, -0.1) is 24.8 Å². The van der Waals surface area contributed by atoms with Crippen molar-refractivity contribution in [1.29, 1.82) is 0 Å². The molecule has 3 heterocycles. The minimum Gasteiger partial charge on any atom is -0.454 e. The molecule has 0 amide bonds. The first kappa shape index (κ1) is 21.7. The Hall–Kier alpha value is -1.62. The lowest BCUT2D eigenvalue weighted by Crippen LogP contribution is -2.50. The maximum absolute atomic E-state index is 10.5. The van der Waals surface area contributed by atoms with Crippen LogP contribution in [0, 0.1) is 0 Å². The van der Waals surface area contributed by atoms with Gasteiger partial charge in [-0.2, -0.15) is 4.98 Å². The highest BCUT2D eigenvalue weighted by Crippen LogP contribution is 2.35. The van der Waals surface area contributed by atoms with Gasteiger partial charge in [-0.05, 0) is 18.2 Å². The summed E-state index contributed by atoms with van der Waals surface area (Å²) in [5.41, 5.74) is -0.177. The van der Waals surface area contributed by atoms with Gasteiger partial charge in [-0.3, -0.25) is 0 Å². The Morgan fingerprint density at radius 3 is 2.96 bits per heavy atom. The van der Waals surface area contributed by atoms with Crippen molar-refractivity contribution in [3.05, 3.63) is 24.0 Å². The summed E-state index contributed by atoms with van der Waals surface area (Å²) in [7, 11) is 0. The predicted molar refractivity (Wildman–Crippen MR) is 101 cm³/mol. The van der Waals surface area contributed by atoms with Crippen LogP contribution in [-0.4, -0.2) is 60.5 Å². The SMILES string of the molecule is Cl.Cl.OC1(CNCc2noc(-c3ccc4c(c3)OCO4)n2)CNCCOC1. The number of nitrogens with one attached hydrogen (secondary N) is 2. The zero-order chi connectivity index (χ0) is 17.1. The zero-order valence-electron chi connectivity index (χ0n) is 14.5. The highest BCUT2D eigenvalue weighted by Gasteiger charge is 2.28. The third kappa shape index (κ3) is 5.22. The van der Waals surface area contributed by atoms with Gasteiger partial charge in [0.05, 0.1) is 19.8 Å². The van der Waals surface area contributed by atoms with Gasteiger partial charge in [0.25, 0.3) is 5.89 Å². The third-order valence-electron chi connectivity index (χ3n) is 4.07. The van der Waals surface area contributed by atoms with Crippen molar-refractivity contribution in [2.24, 2.45) is 0 Å². The van der Waals surface area contributed by atoms with Crippen LogP contribution in [0.4, 0.5) is 0 Å². The Kier molecular flexibility index (Phi) is 7.66. The molecular weight excluding hydrogens is 399 g/mol. The minimum atomic E-state index is -0.944. The number of hydrogen-bond acceptors (Lipinski definition) is 9. The van der Waals surface area contributed by atoms with Crippen molar-refractivity contribution in [3.8, 4) is 23.0 Å². The Balaban J connectivity index is 0.00000131. The number of hydrogen-bond donors (Lipinski definition) is 3. The third-order valence-corrected chi connectivity index (χ3v) is 4.07. The molecule has 0 radical (unpaired) electrons. The summed E-state index contributed by atoms with van der Waals surface area (Å²) < 4.78 is 21.3. The summed E-state index contributed by atoms with van der Waals surface area (Å²) in [6.07, 6.45) is 0. The molecule has 1 fully saturated rings. The number of aliphatic hydroxyl groups is 1. The number of rotatable bonds is 5. The topological polar surface area (TPSA) is 111 Å². The van der Waals surface area contributed by atoms with Crippen LogP contribution >= 0.6 is 24.8 Å². The maximum Gasteiger partial charge on any atom is 0.258 e. The number of nitrogens with zero attached hydrogens (tertiary/aromatic N) is 2. The highest BCUT2D eigenvalue weighted by molar-refractivity contribution is 5.85. The van der Waals surface area contributed by atoms with Crippen LogP contribution in [0.25, 0.3) is 11.5 Å². The number of fused-ring (bicyclic) bond motifs is 1. The van der Waals surface area contributed by atoms with Gasteiger partial charge in [0.2, 0.25) is 6.79 Å². The molecule has 0 spiro atoms. The van der Waals surface area contributed by atoms with Gasteiger partial charge < -0.3 is 34.5 Å². The molecule has 0 saturated carbocycles. The molecule has 11 heteroatoms. The molecule has 0 bridgehead atoms. The molecule has 9 nitrogen and oxygen atoms in total. The van der Waals surface area contributed by atoms with Gasteiger partial charge >= 0.3 is 0 Å². The lowest BCUT2D eigenvalue weighted by Gasteiger charge is -2.25. The smallest absolute Gasteiger partial charge is 0.258 e. The molecule has 1 unspecified atom stereocenters. The van der Waals surface area contributed by atoms with Crippen molar-refractivity contribution in [2.45, 2.75) is 12.1 Å². The molecule has 2 aliphatic heterocycles. The lowest BCUT2D eigenvalue weighted by atomic mass is 10.1. The molecule has 1 atom stereocenters. The van der Waals surface area contributed by atoms with E-state index in [4.69, 9.17) is 18.7 Å². The molecule has 2 aromatic rings. The summed E-state index contributed by atoms with van der Waals surface area (Å²) >= 11 is 0. The Bertz CT molecular complexity index is 737. The standard InChI is InChI=1S/C16H20N4O5.2ClH/c21-16(7-17-3-4-22-9-16)8-18-6-14-19-15(25-20-14)11-1-2-12-13(5-11)24-10-23-12;;/h1-2,5,17-18,21H,3-4,6-10H2;2*1H. The van der Waals surface area contributed by atoms with E-state index in [2.05, 4.69) is 20.8 Å². The first-order valence-corrected chi connectivity index (χ1v) is 8.16. The monoisotopic (exact) mass is 420 g/mol. The van der Waals surface area contributed by atoms with Crippen LogP contribution in [0.3, 0.4) is 0 Å². The first-order chi connectivity index (χ1) is 12.2. The lowest BCUT2D eigenvalue weighted by molar-refractivity contribution is -0.0265. The van der Waals surface area contributed by atoms with Crippen molar-refractivity contribution >= 4 is 24.8 Å². The van der Waals surface area contributed by atoms with E-state index in [0.29, 0.717) is 56.1 Å². The average Bonchev–Trinajstić information content (AvgIpc) is 3.21. The van der Waals surface area contributed by atoms with E-state index in [1.165, 1.54) is 0 Å². The summed E-state index contributed by atoms with van der Waals surface area (Å²) in [6, 6.07) is 5.47. The number of halogens is 2. The number of benzene rings is 1. The van der Waals surface area contributed by atoms with Gasteiger partial charge in [0.1, 0.15) is 5.60 Å². The van der Waals surface area contributed by atoms with E-state index in [9.17, 15) is 5.11 Å².